The Hall–Kier alpha value is -1.48. The molecule has 0 aromatic heterocycles. The molecule has 0 aromatic carbocycles. The lowest BCUT2D eigenvalue weighted by atomic mass is 10.0. The normalized spacial score (nSPS) is 15.0. The lowest BCUT2D eigenvalue weighted by molar-refractivity contribution is -0.130. The third kappa shape index (κ3) is 23.6. The van der Waals surface area contributed by atoms with Gasteiger partial charge < -0.3 is 15.5 Å². The average Bonchev–Trinajstić information content (AvgIpc) is 2.86. The highest BCUT2D eigenvalue weighted by Gasteiger charge is 2.27. The zero-order valence-electron chi connectivity index (χ0n) is 23.9. The summed E-state index contributed by atoms with van der Waals surface area (Å²) in [6.45, 7) is 4.38. The van der Waals surface area contributed by atoms with Crippen molar-refractivity contribution in [2.75, 3.05) is 5.75 Å². The fourth-order valence-corrected chi connectivity index (χ4v) is 4.81. The fourth-order valence-electron chi connectivity index (χ4n) is 4.07. The number of carbonyl (C=O) groups excluding carboxylic acids is 1. The van der Waals surface area contributed by atoms with E-state index in [0.717, 1.165) is 44.9 Å². The molecule has 0 aliphatic carbocycles. The number of hydrogen-bond acceptors (Lipinski definition) is 5. The molecular weight excluding hydrogens is 502 g/mol. The Kier molecular flexibility index (Phi) is 23.6. The molecule has 38 heavy (non-hydrogen) atoms. The summed E-state index contributed by atoms with van der Waals surface area (Å²) in [5.74, 6) is -1.57. The predicted molar refractivity (Wildman–Crippen MR) is 158 cm³/mol. The number of amides is 1. The molecule has 0 aromatic rings. The zero-order valence-corrected chi connectivity index (χ0v) is 24.7. The number of rotatable bonds is 25. The van der Waals surface area contributed by atoms with E-state index in [1.807, 2.05) is 0 Å². The molecule has 3 unspecified atom stereocenters. The van der Waals surface area contributed by atoms with Crippen LogP contribution in [-0.4, -0.2) is 53.1 Å². The van der Waals surface area contributed by atoms with Crippen molar-refractivity contribution in [3.05, 3.63) is 36.5 Å². The molecule has 8 heteroatoms. The maximum Gasteiger partial charge on any atom is 0.267 e. The second-order valence-corrected chi connectivity index (χ2v) is 11.7. The average molecular weight is 558 g/mol. The van der Waals surface area contributed by atoms with Gasteiger partial charge in [0.2, 0.25) is 5.91 Å². The van der Waals surface area contributed by atoms with Crippen molar-refractivity contribution >= 4 is 16.0 Å². The summed E-state index contributed by atoms with van der Waals surface area (Å²) in [6.07, 6.45) is 26.5. The minimum Gasteiger partial charge on any atom is -0.387 e. The lowest BCUT2D eigenvalue weighted by Gasteiger charge is -2.22. The lowest BCUT2D eigenvalue weighted by Crippen LogP contribution is -2.50. The molecule has 0 aliphatic rings. The van der Waals surface area contributed by atoms with E-state index in [1.165, 1.54) is 51.0 Å². The first-order valence-electron chi connectivity index (χ1n) is 14.8. The summed E-state index contributed by atoms with van der Waals surface area (Å²) in [6, 6.07) is -1.25. The van der Waals surface area contributed by atoms with Gasteiger partial charge in [-0.1, -0.05) is 115 Å². The van der Waals surface area contributed by atoms with Crippen molar-refractivity contribution < 1.29 is 28.0 Å². The molecule has 0 saturated heterocycles. The van der Waals surface area contributed by atoms with Crippen molar-refractivity contribution in [3.8, 4) is 0 Å². The van der Waals surface area contributed by atoms with Crippen LogP contribution in [0.4, 0.5) is 0 Å². The van der Waals surface area contributed by atoms with E-state index in [0.29, 0.717) is 12.8 Å². The monoisotopic (exact) mass is 557 g/mol. The van der Waals surface area contributed by atoms with Gasteiger partial charge in [0, 0.05) is 0 Å². The van der Waals surface area contributed by atoms with Gasteiger partial charge in [-0.2, -0.15) is 8.42 Å². The van der Waals surface area contributed by atoms with Crippen molar-refractivity contribution in [2.24, 2.45) is 0 Å². The van der Waals surface area contributed by atoms with E-state index in [-0.39, 0.29) is 6.42 Å². The van der Waals surface area contributed by atoms with E-state index in [9.17, 15) is 28.0 Å². The van der Waals surface area contributed by atoms with Gasteiger partial charge in [0.05, 0.1) is 17.9 Å². The second kappa shape index (κ2) is 24.6. The van der Waals surface area contributed by atoms with E-state index in [1.54, 1.807) is 6.08 Å². The number of aliphatic hydroxyl groups excluding tert-OH is 2. The molecular formula is C30H55NO6S. The minimum atomic E-state index is -4.44. The highest BCUT2D eigenvalue weighted by Crippen LogP contribution is 2.11. The van der Waals surface area contributed by atoms with Crippen LogP contribution in [0.2, 0.25) is 0 Å². The Balaban J connectivity index is 4.39. The number of unbranched alkanes of at least 4 members (excludes halogenated alkanes) is 12. The smallest absolute Gasteiger partial charge is 0.267 e. The largest absolute Gasteiger partial charge is 0.387 e. The highest BCUT2D eigenvalue weighted by molar-refractivity contribution is 7.85. The maximum atomic E-state index is 12.4. The first kappa shape index (κ1) is 36.5. The molecule has 4 N–H and O–H groups in total. The van der Waals surface area contributed by atoms with Crippen LogP contribution >= 0.6 is 0 Å². The molecule has 0 fully saturated rings. The predicted octanol–water partition coefficient (Wildman–Crippen LogP) is 6.42. The first-order chi connectivity index (χ1) is 18.2. The van der Waals surface area contributed by atoms with Crippen LogP contribution in [0.5, 0.6) is 0 Å². The van der Waals surface area contributed by atoms with Gasteiger partial charge in [-0.05, 0) is 44.9 Å². The standard InChI is InChI=1S/C30H55NO6S/c1-3-5-7-9-11-13-14-15-16-17-19-20-22-24-28(32)27(26-38(35,36)37)31-30(34)29(33)25-23-21-18-12-10-8-6-4-2/h11,13,16-17,22,24,27-29,32-33H,3-10,12,14-15,18-21,23,25-26H2,1-2H3,(H,31,34)(H,35,36,37)/b13-11+,17-16+,24-22+. The Labute approximate surface area is 232 Å². The number of carbonyl (C=O) groups is 1. The van der Waals surface area contributed by atoms with Gasteiger partial charge in [-0.25, -0.2) is 0 Å². The van der Waals surface area contributed by atoms with Crippen molar-refractivity contribution in [1.29, 1.82) is 0 Å². The highest BCUT2D eigenvalue weighted by atomic mass is 32.2. The molecule has 0 radical (unpaired) electrons. The van der Waals surface area contributed by atoms with Gasteiger partial charge in [0.15, 0.2) is 0 Å². The van der Waals surface area contributed by atoms with Crippen LogP contribution in [-0.2, 0) is 14.9 Å². The van der Waals surface area contributed by atoms with E-state index in [2.05, 4.69) is 43.5 Å². The van der Waals surface area contributed by atoms with Gasteiger partial charge in [0.1, 0.15) is 6.10 Å². The first-order valence-corrected chi connectivity index (χ1v) is 16.4. The topological polar surface area (TPSA) is 124 Å². The van der Waals surface area contributed by atoms with Gasteiger partial charge in [-0.3, -0.25) is 9.35 Å². The van der Waals surface area contributed by atoms with Gasteiger partial charge >= 0.3 is 0 Å². The summed E-state index contributed by atoms with van der Waals surface area (Å²) >= 11 is 0. The van der Waals surface area contributed by atoms with Crippen LogP contribution < -0.4 is 5.32 Å². The Bertz CT molecular complexity index is 763. The fraction of sp³-hybridized carbons (Fsp3) is 0.767. The summed E-state index contributed by atoms with van der Waals surface area (Å²) in [7, 11) is -4.44. The van der Waals surface area contributed by atoms with Crippen LogP contribution in [0, 0.1) is 0 Å². The van der Waals surface area contributed by atoms with Crippen LogP contribution in [0.25, 0.3) is 0 Å². The second-order valence-electron chi connectivity index (χ2n) is 10.2. The molecule has 0 bridgehead atoms. The number of hydrogen-bond donors (Lipinski definition) is 4. The van der Waals surface area contributed by atoms with Crippen LogP contribution in [0.15, 0.2) is 36.5 Å². The Morgan fingerprint density at radius 3 is 1.74 bits per heavy atom. The molecule has 3 atom stereocenters. The Morgan fingerprint density at radius 2 is 1.18 bits per heavy atom. The SMILES string of the molecule is CCCCC/C=C/CC/C=C/CC/C=C/C(O)C(CS(=O)(=O)O)NC(=O)C(O)CCCCCCCCCC. The third-order valence-corrected chi connectivity index (χ3v) is 7.19. The molecule has 7 nitrogen and oxygen atoms in total. The quantitative estimate of drug-likeness (QED) is 0.0583. The zero-order chi connectivity index (χ0) is 28.5. The van der Waals surface area contributed by atoms with E-state index < -0.39 is 40.0 Å². The summed E-state index contributed by atoms with van der Waals surface area (Å²) in [5.41, 5.74) is 0. The number of allylic oxidation sites excluding steroid dienone is 5. The van der Waals surface area contributed by atoms with Gasteiger partial charge in [-0.15, -0.1) is 0 Å². The summed E-state index contributed by atoms with van der Waals surface area (Å²) in [5, 5.41) is 23.0. The maximum absolute atomic E-state index is 12.4. The minimum absolute atomic E-state index is 0.270. The molecule has 0 saturated carbocycles. The van der Waals surface area contributed by atoms with Crippen LogP contribution in [0.1, 0.15) is 123 Å². The van der Waals surface area contributed by atoms with Crippen molar-refractivity contribution in [1.82, 2.24) is 5.32 Å². The van der Waals surface area contributed by atoms with Gasteiger partial charge in [0.25, 0.3) is 10.1 Å². The summed E-state index contributed by atoms with van der Waals surface area (Å²) < 4.78 is 32.1. The molecule has 0 heterocycles. The third-order valence-electron chi connectivity index (χ3n) is 6.40. The van der Waals surface area contributed by atoms with E-state index in [4.69, 9.17) is 0 Å². The molecule has 0 spiro atoms. The molecule has 0 rings (SSSR count). The summed E-state index contributed by atoms with van der Waals surface area (Å²) in [4.78, 5) is 12.4. The molecule has 0 aliphatic heterocycles. The Morgan fingerprint density at radius 1 is 0.711 bits per heavy atom. The molecule has 222 valence electrons. The van der Waals surface area contributed by atoms with E-state index >= 15 is 0 Å². The van der Waals surface area contributed by atoms with Crippen molar-refractivity contribution in [3.63, 3.8) is 0 Å². The number of aliphatic hydroxyl groups is 2. The van der Waals surface area contributed by atoms with Crippen molar-refractivity contribution in [2.45, 2.75) is 141 Å². The molecule has 1 amide bonds. The van der Waals surface area contributed by atoms with Crippen LogP contribution in [0.3, 0.4) is 0 Å². The number of nitrogens with one attached hydrogen (secondary N) is 1.